The Morgan fingerprint density at radius 3 is 2.48 bits per heavy atom. The van der Waals surface area contributed by atoms with Crippen molar-refractivity contribution in [1.29, 1.82) is 0 Å². The molecule has 1 aromatic heterocycles. The number of hydrogen-bond donors (Lipinski definition) is 1. The lowest BCUT2D eigenvalue weighted by Crippen LogP contribution is -2.27. The van der Waals surface area contributed by atoms with Gasteiger partial charge in [-0.25, -0.2) is 4.98 Å². The van der Waals surface area contributed by atoms with Gasteiger partial charge in [-0.1, -0.05) is 41.9 Å². The van der Waals surface area contributed by atoms with Gasteiger partial charge in [0.1, 0.15) is 10.7 Å². The number of ether oxygens (including phenoxy) is 1. The highest BCUT2D eigenvalue weighted by Crippen LogP contribution is 2.30. The van der Waals surface area contributed by atoms with Gasteiger partial charge >= 0.3 is 6.18 Å². The minimum Gasteiger partial charge on any atom is -0.383 e. The maximum absolute atomic E-state index is 13.2. The van der Waals surface area contributed by atoms with Crippen molar-refractivity contribution in [1.82, 2.24) is 15.2 Å². The quantitative estimate of drug-likeness (QED) is 0.381. The third-order valence-corrected chi connectivity index (χ3v) is 5.76. The van der Waals surface area contributed by atoms with Crippen LogP contribution >= 0.6 is 22.9 Å². The molecule has 0 radical (unpaired) electrons. The van der Waals surface area contributed by atoms with E-state index in [-0.39, 0.29) is 12.5 Å². The van der Waals surface area contributed by atoms with E-state index in [1.807, 2.05) is 23.1 Å². The molecule has 10 heteroatoms. The van der Waals surface area contributed by atoms with Gasteiger partial charge in [0.2, 0.25) is 0 Å². The molecule has 176 valence electrons. The minimum atomic E-state index is -4.41. The summed E-state index contributed by atoms with van der Waals surface area (Å²) in [5, 5.41) is 5.64. The smallest absolute Gasteiger partial charge is 0.383 e. The maximum atomic E-state index is 13.2. The number of nitrogens with one attached hydrogen (secondary N) is 1. The largest absolute Gasteiger partial charge is 0.416 e. The molecule has 1 amide bonds. The number of aromatic nitrogens is 1. The first-order valence-electron chi connectivity index (χ1n) is 10.1. The van der Waals surface area contributed by atoms with E-state index < -0.39 is 11.7 Å². The molecule has 0 saturated heterocycles. The van der Waals surface area contributed by atoms with E-state index in [0.717, 1.165) is 17.7 Å². The summed E-state index contributed by atoms with van der Waals surface area (Å²) >= 11 is 7.43. The van der Waals surface area contributed by atoms with E-state index in [2.05, 4.69) is 10.3 Å². The zero-order chi connectivity index (χ0) is 23.8. The second-order valence-electron chi connectivity index (χ2n) is 7.35. The van der Waals surface area contributed by atoms with Crippen molar-refractivity contribution in [3.63, 3.8) is 0 Å². The van der Waals surface area contributed by atoms with Gasteiger partial charge in [0, 0.05) is 37.1 Å². The van der Waals surface area contributed by atoms with E-state index in [4.69, 9.17) is 16.3 Å². The van der Waals surface area contributed by atoms with Crippen molar-refractivity contribution in [3.8, 4) is 0 Å². The summed E-state index contributed by atoms with van der Waals surface area (Å²) in [5.74, 6) is -0.297. The number of amides is 1. The zero-order valence-electron chi connectivity index (χ0n) is 17.9. The summed E-state index contributed by atoms with van der Waals surface area (Å²) in [5.41, 5.74) is 1.06. The first-order valence-corrected chi connectivity index (χ1v) is 11.3. The number of benzene rings is 2. The Morgan fingerprint density at radius 2 is 1.82 bits per heavy atom. The number of carbonyl (C=O) groups excluding carboxylic acids is 1. The van der Waals surface area contributed by atoms with Gasteiger partial charge in [-0.05, 0) is 29.3 Å². The van der Waals surface area contributed by atoms with Crippen LogP contribution in [0, 0.1) is 0 Å². The molecular weight excluding hydrogens is 475 g/mol. The van der Waals surface area contributed by atoms with E-state index in [0.29, 0.717) is 47.5 Å². The minimum absolute atomic E-state index is 0.269. The Bertz CT molecular complexity index is 1070. The second kappa shape index (κ2) is 11.6. The molecule has 33 heavy (non-hydrogen) atoms. The van der Waals surface area contributed by atoms with E-state index >= 15 is 0 Å². The van der Waals surface area contributed by atoms with Gasteiger partial charge in [-0.3, -0.25) is 9.69 Å². The fourth-order valence-electron chi connectivity index (χ4n) is 3.20. The summed E-state index contributed by atoms with van der Waals surface area (Å²) in [6.07, 6.45) is -4.41. The average molecular weight is 498 g/mol. The molecule has 3 rings (SSSR count). The highest BCUT2D eigenvalue weighted by atomic mass is 35.5. The zero-order valence-corrected chi connectivity index (χ0v) is 19.4. The Labute approximate surface area is 199 Å². The van der Waals surface area contributed by atoms with Crippen LogP contribution in [-0.4, -0.2) is 36.1 Å². The molecule has 0 fully saturated rings. The van der Waals surface area contributed by atoms with E-state index in [9.17, 15) is 18.0 Å². The van der Waals surface area contributed by atoms with Crippen molar-refractivity contribution >= 4 is 28.8 Å². The molecule has 0 bridgehead atoms. The molecule has 0 saturated carbocycles. The molecule has 0 aliphatic rings. The lowest BCUT2D eigenvalue weighted by Gasteiger charge is -2.22. The number of nitrogens with zero attached hydrogens (tertiary/aromatic N) is 2. The number of thiazole rings is 1. The summed E-state index contributed by atoms with van der Waals surface area (Å²) in [6, 6.07) is 12.6. The SMILES string of the molecule is COCCNC(=O)c1csc(CN(Cc2cccc(Cl)c2)Cc2cccc(C(F)(F)F)c2)n1. The van der Waals surface area contributed by atoms with Gasteiger partial charge in [0.25, 0.3) is 5.91 Å². The van der Waals surface area contributed by atoms with Crippen molar-refractivity contribution in [2.24, 2.45) is 0 Å². The number of methoxy groups -OCH3 is 1. The first-order chi connectivity index (χ1) is 15.7. The molecule has 0 spiro atoms. The van der Waals surface area contributed by atoms with Gasteiger partial charge in [-0.2, -0.15) is 13.2 Å². The molecular formula is C23H23ClF3N3O2S. The van der Waals surface area contributed by atoms with Crippen LogP contribution in [-0.2, 0) is 30.5 Å². The lowest BCUT2D eigenvalue weighted by atomic mass is 10.1. The fourth-order valence-corrected chi connectivity index (χ4v) is 4.23. The van der Waals surface area contributed by atoms with Crippen molar-refractivity contribution in [2.75, 3.05) is 20.3 Å². The van der Waals surface area contributed by atoms with Crippen LogP contribution in [0.25, 0.3) is 0 Å². The summed E-state index contributed by atoms with van der Waals surface area (Å²) in [6.45, 7) is 1.85. The van der Waals surface area contributed by atoms with Crippen molar-refractivity contribution in [2.45, 2.75) is 25.8 Å². The highest BCUT2D eigenvalue weighted by Gasteiger charge is 2.30. The molecule has 0 atom stereocenters. The topological polar surface area (TPSA) is 54.5 Å². The number of halogens is 4. The predicted molar refractivity (Wildman–Crippen MR) is 122 cm³/mol. The van der Waals surface area contributed by atoms with Crippen LogP contribution in [0.4, 0.5) is 13.2 Å². The molecule has 0 aliphatic carbocycles. The van der Waals surface area contributed by atoms with Crippen molar-refractivity contribution < 1.29 is 22.7 Å². The monoisotopic (exact) mass is 497 g/mol. The Hall–Kier alpha value is -2.46. The third-order valence-electron chi connectivity index (χ3n) is 4.69. The molecule has 0 unspecified atom stereocenters. The Kier molecular flexibility index (Phi) is 8.85. The van der Waals surface area contributed by atoms with Gasteiger partial charge in [0.05, 0.1) is 18.7 Å². The Morgan fingerprint density at radius 1 is 1.12 bits per heavy atom. The van der Waals surface area contributed by atoms with Crippen LogP contribution in [0.3, 0.4) is 0 Å². The van der Waals surface area contributed by atoms with Gasteiger partial charge in [0.15, 0.2) is 0 Å². The van der Waals surface area contributed by atoms with Crippen LogP contribution in [0.15, 0.2) is 53.9 Å². The van der Waals surface area contributed by atoms with Crippen LogP contribution in [0.5, 0.6) is 0 Å². The van der Waals surface area contributed by atoms with Crippen LogP contribution < -0.4 is 5.32 Å². The normalized spacial score (nSPS) is 11.7. The molecule has 2 aromatic carbocycles. The van der Waals surface area contributed by atoms with Crippen molar-refractivity contribution in [3.05, 3.63) is 86.3 Å². The predicted octanol–water partition coefficient (Wildman–Crippen LogP) is 5.39. The first kappa shape index (κ1) is 25.2. The fraction of sp³-hybridized carbons (Fsp3) is 0.304. The maximum Gasteiger partial charge on any atom is 0.416 e. The van der Waals surface area contributed by atoms with E-state index in [1.54, 1.807) is 24.6 Å². The second-order valence-corrected chi connectivity index (χ2v) is 8.73. The lowest BCUT2D eigenvalue weighted by molar-refractivity contribution is -0.137. The standard InChI is InChI=1S/C23H23ClF3N3O2S/c1-32-9-8-28-22(31)20-15-33-21(29-20)14-30(13-17-5-3-7-19(24)11-17)12-16-4-2-6-18(10-16)23(25,26)27/h2-7,10-11,15H,8-9,12-14H2,1H3,(H,28,31). The summed E-state index contributed by atoms with van der Waals surface area (Å²) in [4.78, 5) is 18.6. The highest BCUT2D eigenvalue weighted by molar-refractivity contribution is 7.09. The Balaban J connectivity index is 1.77. The van der Waals surface area contributed by atoms with Crippen LogP contribution in [0.1, 0.15) is 32.2 Å². The number of alkyl halides is 3. The number of hydrogen-bond acceptors (Lipinski definition) is 5. The molecule has 0 aliphatic heterocycles. The molecule has 1 heterocycles. The number of carbonyl (C=O) groups is 1. The molecule has 5 nitrogen and oxygen atoms in total. The van der Waals surface area contributed by atoms with E-state index in [1.165, 1.54) is 17.4 Å². The summed E-state index contributed by atoms with van der Waals surface area (Å²) < 4.78 is 44.4. The average Bonchev–Trinajstić information content (AvgIpc) is 3.22. The summed E-state index contributed by atoms with van der Waals surface area (Å²) in [7, 11) is 1.55. The third kappa shape index (κ3) is 7.82. The molecule has 1 N–H and O–H groups in total. The van der Waals surface area contributed by atoms with Gasteiger partial charge in [-0.15, -0.1) is 11.3 Å². The molecule has 3 aromatic rings. The van der Waals surface area contributed by atoms with Gasteiger partial charge < -0.3 is 10.1 Å². The van der Waals surface area contributed by atoms with Crippen LogP contribution in [0.2, 0.25) is 5.02 Å². The number of rotatable bonds is 10.